The van der Waals surface area contributed by atoms with Crippen LogP contribution in [0.5, 0.6) is 0 Å². The van der Waals surface area contributed by atoms with E-state index in [9.17, 15) is 4.79 Å². The predicted molar refractivity (Wildman–Crippen MR) is 79.5 cm³/mol. The first-order chi connectivity index (χ1) is 9.44. The molecule has 2 saturated heterocycles. The minimum atomic E-state index is -0.868. The lowest BCUT2D eigenvalue weighted by molar-refractivity contribution is -0.149. The molecule has 2 aliphatic rings. The van der Waals surface area contributed by atoms with Gasteiger partial charge in [0, 0.05) is 25.2 Å². The second kappa shape index (κ2) is 6.41. The molecule has 116 valence electrons. The van der Waals surface area contributed by atoms with Crippen molar-refractivity contribution < 1.29 is 9.53 Å². The molecule has 2 aliphatic heterocycles. The van der Waals surface area contributed by atoms with Crippen molar-refractivity contribution in [3.05, 3.63) is 0 Å². The van der Waals surface area contributed by atoms with Crippen LogP contribution in [0.3, 0.4) is 0 Å². The van der Waals surface area contributed by atoms with Crippen LogP contribution in [0.4, 0.5) is 0 Å². The molecule has 0 amide bonds. The van der Waals surface area contributed by atoms with E-state index in [1.165, 1.54) is 19.3 Å². The van der Waals surface area contributed by atoms with E-state index in [0.29, 0.717) is 19.1 Å². The Morgan fingerprint density at radius 1 is 1.35 bits per heavy atom. The summed E-state index contributed by atoms with van der Waals surface area (Å²) in [5.74, 6) is -0.284. The molecule has 3 atom stereocenters. The number of esters is 1. The summed E-state index contributed by atoms with van der Waals surface area (Å²) in [6.07, 6.45) is 4.53. The topological polar surface area (TPSA) is 58.8 Å². The van der Waals surface area contributed by atoms with Gasteiger partial charge in [0.05, 0.1) is 6.61 Å². The molecule has 0 radical (unpaired) electrons. The molecule has 0 spiro atoms. The van der Waals surface area contributed by atoms with Gasteiger partial charge in [-0.05, 0) is 53.1 Å². The van der Waals surface area contributed by atoms with Gasteiger partial charge in [-0.1, -0.05) is 0 Å². The highest BCUT2D eigenvalue weighted by Crippen LogP contribution is 2.28. The molecule has 5 nitrogen and oxygen atoms in total. The number of rotatable bonds is 5. The monoisotopic (exact) mass is 283 g/mol. The lowest BCUT2D eigenvalue weighted by Crippen LogP contribution is -2.49. The summed E-state index contributed by atoms with van der Waals surface area (Å²) >= 11 is 0. The lowest BCUT2D eigenvalue weighted by Gasteiger charge is -2.29. The van der Waals surface area contributed by atoms with E-state index in [1.54, 1.807) is 6.92 Å². The quantitative estimate of drug-likeness (QED) is 0.757. The lowest BCUT2D eigenvalue weighted by atomic mass is 9.98. The maximum atomic E-state index is 11.8. The summed E-state index contributed by atoms with van der Waals surface area (Å²) in [7, 11) is 2.25. The van der Waals surface area contributed by atoms with E-state index >= 15 is 0 Å². The molecule has 2 N–H and O–H groups in total. The molecular formula is C15H29N3O2. The summed E-state index contributed by atoms with van der Waals surface area (Å²) in [5.41, 5.74) is 5.23. The smallest absolute Gasteiger partial charge is 0.325 e. The van der Waals surface area contributed by atoms with Gasteiger partial charge in [-0.2, -0.15) is 0 Å². The number of carbonyl (C=O) groups excluding carboxylic acids is 1. The summed E-state index contributed by atoms with van der Waals surface area (Å²) in [6, 6.07) is 1.42. The van der Waals surface area contributed by atoms with Crippen LogP contribution >= 0.6 is 0 Å². The highest BCUT2D eigenvalue weighted by atomic mass is 16.5. The third-order valence-electron chi connectivity index (χ3n) is 4.92. The van der Waals surface area contributed by atoms with Gasteiger partial charge in [0.15, 0.2) is 0 Å². The molecule has 2 heterocycles. The first-order valence-electron chi connectivity index (χ1n) is 7.84. The van der Waals surface area contributed by atoms with Crippen molar-refractivity contribution in [2.45, 2.75) is 57.2 Å². The normalized spacial score (nSPS) is 30.8. The molecule has 0 aliphatic carbocycles. The first-order valence-corrected chi connectivity index (χ1v) is 7.84. The average Bonchev–Trinajstić information content (AvgIpc) is 2.63. The van der Waals surface area contributed by atoms with Gasteiger partial charge in [0.2, 0.25) is 0 Å². The Balaban J connectivity index is 1.83. The van der Waals surface area contributed by atoms with E-state index in [4.69, 9.17) is 10.5 Å². The van der Waals surface area contributed by atoms with Crippen LogP contribution in [-0.2, 0) is 9.53 Å². The highest BCUT2D eigenvalue weighted by Gasteiger charge is 2.36. The van der Waals surface area contributed by atoms with Crippen LogP contribution in [0.25, 0.3) is 0 Å². The maximum absolute atomic E-state index is 11.8. The molecular weight excluding hydrogens is 254 g/mol. The van der Waals surface area contributed by atoms with Crippen LogP contribution in [0, 0.1) is 0 Å². The standard InChI is InChI=1S/C15H29N3O2/c1-4-20-14(19)15(2,16)8-10-18-9-7-12-5-6-13(11-18)17(12)3/h12-13H,4-11,16H2,1-3H3. The Morgan fingerprint density at radius 2 is 2.05 bits per heavy atom. The summed E-state index contributed by atoms with van der Waals surface area (Å²) < 4.78 is 5.05. The minimum absolute atomic E-state index is 0.284. The number of fused-ring (bicyclic) bond motifs is 2. The van der Waals surface area contributed by atoms with Gasteiger partial charge >= 0.3 is 5.97 Å². The largest absolute Gasteiger partial charge is 0.465 e. The van der Waals surface area contributed by atoms with E-state index in [2.05, 4.69) is 16.8 Å². The molecule has 3 unspecified atom stereocenters. The van der Waals surface area contributed by atoms with E-state index < -0.39 is 5.54 Å². The van der Waals surface area contributed by atoms with Gasteiger partial charge in [-0.3, -0.25) is 9.69 Å². The van der Waals surface area contributed by atoms with Crippen LogP contribution < -0.4 is 5.73 Å². The van der Waals surface area contributed by atoms with Gasteiger partial charge in [-0.25, -0.2) is 0 Å². The third-order valence-corrected chi connectivity index (χ3v) is 4.92. The molecule has 0 saturated carbocycles. The summed E-state index contributed by atoms with van der Waals surface area (Å²) in [4.78, 5) is 16.8. The summed E-state index contributed by atoms with van der Waals surface area (Å²) in [6.45, 7) is 7.08. The van der Waals surface area contributed by atoms with Crippen LogP contribution in [0.1, 0.15) is 39.5 Å². The number of nitrogens with two attached hydrogens (primary N) is 1. The first kappa shape index (κ1) is 15.7. The second-order valence-corrected chi connectivity index (χ2v) is 6.53. The van der Waals surface area contributed by atoms with Crippen molar-refractivity contribution in [1.82, 2.24) is 9.80 Å². The average molecular weight is 283 g/mol. The SMILES string of the molecule is CCOC(=O)C(C)(N)CCN1CCC2CCC(C1)N2C. The minimum Gasteiger partial charge on any atom is -0.465 e. The second-order valence-electron chi connectivity index (χ2n) is 6.53. The number of hydrogen-bond acceptors (Lipinski definition) is 5. The number of hydrogen-bond donors (Lipinski definition) is 1. The Morgan fingerprint density at radius 3 is 2.75 bits per heavy atom. The van der Waals surface area contributed by atoms with Crippen molar-refractivity contribution in [3.63, 3.8) is 0 Å². The number of ether oxygens (including phenoxy) is 1. The van der Waals surface area contributed by atoms with E-state index in [0.717, 1.165) is 25.7 Å². The maximum Gasteiger partial charge on any atom is 0.325 e. The zero-order valence-electron chi connectivity index (χ0n) is 13.1. The molecule has 2 rings (SSSR count). The Kier molecular flexibility index (Phi) is 5.04. The summed E-state index contributed by atoms with van der Waals surface area (Å²) in [5, 5.41) is 0. The fourth-order valence-electron chi connectivity index (χ4n) is 3.37. The van der Waals surface area contributed by atoms with E-state index in [-0.39, 0.29) is 5.97 Å². The van der Waals surface area contributed by atoms with Crippen LogP contribution in [-0.4, -0.2) is 66.7 Å². The van der Waals surface area contributed by atoms with Crippen molar-refractivity contribution in [3.8, 4) is 0 Å². The molecule has 2 bridgehead atoms. The van der Waals surface area contributed by atoms with Crippen LogP contribution in [0.2, 0.25) is 0 Å². The highest BCUT2D eigenvalue weighted by molar-refractivity contribution is 5.79. The van der Waals surface area contributed by atoms with Gasteiger partial charge in [0.25, 0.3) is 0 Å². The fraction of sp³-hybridized carbons (Fsp3) is 0.933. The van der Waals surface area contributed by atoms with Crippen molar-refractivity contribution in [2.75, 3.05) is 33.3 Å². The van der Waals surface area contributed by atoms with Crippen molar-refractivity contribution >= 4 is 5.97 Å². The molecule has 20 heavy (non-hydrogen) atoms. The molecule has 0 aromatic carbocycles. The predicted octanol–water partition coefficient (Wildman–Crippen LogP) is 0.826. The molecule has 2 fully saturated rings. The fourth-order valence-corrected chi connectivity index (χ4v) is 3.37. The molecule has 0 aromatic heterocycles. The Labute approximate surface area is 122 Å². The van der Waals surface area contributed by atoms with Gasteiger partial charge in [0.1, 0.15) is 5.54 Å². The number of carbonyl (C=O) groups is 1. The third kappa shape index (κ3) is 3.51. The van der Waals surface area contributed by atoms with Crippen LogP contribution in [0.15, 0.2) is 0 Å². The van der Waals surface area contributed by atoms with Crippen molar-refractivity contribution in [2.24, 2.45) is 5.73 Å². The number of likely N-dealkylation sites (tertiary alicyclic amines) is 1. The van der Waals surface area contributed by atoms with Crippen molar-refractivity contribution in [1.29, 1.82) is 0 Å². The zero-order chi connectivity index (χ0) is 14.8. The molecule has 5 heteroatoms. The van der Waals surface area contributed by atoms with Gasteiger partial charge in [-0.15, -0.1) is 0 Å². The zero-order valence-corrected chi connectivity index (χ0v) is 13.1. The van der Waals surface area contributed by atoms with E-state index in [1.807, 2.05) is 6.92 Å². The van der Waals surface area contributed by atoms with Gasteiger partial charge < -0.3 is 15.4 Å². The number of nitrogens with zero attached hydrogens (tertiary/aromatic N) is 2. The molecule has 0 aromatic rings. The Bertz CT molecular complexity index is 346. The Hall–Kier alpha value is -0.650. The number of likely N-dealkylation sites (N-methyl/N-ethyl adjacent to an activating group) is 1.